The number of piperidine rings is 1. The molecule has 1 fully saturated rings. The van der Waals surface area contributed by atoms with E-state index in [1.165, 1.54) is 12.1 Å². The average Bonchev–Trinajstić information content (AvgIpc) is 3.14. The van der Waals surface area contributed by atoms with Gasteiger partial charge in [0, 0.05) is 20.0 Å². The van der Waals surface area contributed by atoms with Crippen molar-refractivity contribution in [2.75, 3.05) is 19.6 Å². The van der Waals surface area contributed by atoms with Gasteiger partial charge < -0.3 is 14.6 Å². The molecule has 1 aliphatic rings. The average molecular weight is 344 g/mol. The van der Waals surface area contributed by atoms with Crippen LogP contribution in [0.4, 0.5) is 4.39 Å². The number of carbonyl (C=O) groups excluding carboxylic acids is 1. The van der Waals surface area contributed by atoms with Gasteiger partial charge in [-0.1, -0.05) is 12.1 Å². The summed E-state index contributed by atoms with van der Waals surface area (Å²) < 4.78 is 18.8. The van der Waals surface area contributed by atoms with Gasteiger partial charge in [0.05, 0.1) is 12.3 Å². The summed E-state index contributed by atoms with van der Waals surface area (Å²) in [6, 6.07) is 10.3. The van der Waals surface area contributed by atoms with Crippen LogP contribution in [0.3, 0.4) is 0 Å². The Hall–Kier alpha value is -2.14. The second-order valence-electron chi connectivity index (χ2n) is 6.69. The Kier molecular flexibility index (Phi) is 5.87. The van der Waals surface area contributed by atoms with Crippen LogP contribution in [0, 0.1) is 11.7 Å². The lowest BCUT2D eigenvalue weighted by atomic mass is 9.93. The third-order valence-electron chi connectivity index (χ3n) is 4.99. The number of amides is 1. The molecule has 1 amide bonds. The van der Waals surface area contributed by atoms with Crippen LogP contribution in [-0.2, 0) is 4.79 Å². The van der Waals surface area contributed by atoms with Gasteiger partial charge >= 0.3 is 0 Å². The molecule has 2 aromatic rings. The van der Waals surface area contributed by atoms with Crippen LogP contribution >= 0.6 is 0 Å². The molecule has 4 nitrogen and oxygen atoms in total. The lowest BCUT2D eigenvalue weighted by Gasteiger charge is -2.31. The largest absolute Gasteiger partial charge is 0.467 e. The second-order valence-corrected chi connectivity index (χ2v) is 6.69. The predicted octanol–water partition coefficient (Wildman–Crippen LogP) is 3.75. The fourth-order valence-electron chi connectivity index (χ4n) is 3.46. The number of furan rings is 1. The summed E-state index contributed by atoms with van der Waals surface area (Å²) in [4.78, 5) is 13.3. The van der Waals surface area contributed by atoms with Crippen molar-refractivity contribution in [1.82, 2.24) is 10.2 Å². The summed E-state index contributed by atoms with van der Waals surface area (Å²) in [6.07, 6.45) is 4.83. The molecule has 0 spiro atoms. The number of likely N-dealkylation sites (tertiary alicyclic amines) is 1. The zero-order valence-corrected chi connectivity index (χ0v) is 14.6. The SMILES string of the molecule is CC(=O)N1CCC(CCN[C@@H](c2ccc(F)cc2)c2ccco2)CC1. The van der Waals surface area contributed by atoms with Crippen molar-refractivity contribution in [3.8, 4) is 0 Å². The van der Waals surface area contributed by atoms with Crippen LogP contribution in [0.15, 0.2) is 47.1 Å². The van der Waals surface area contributed by atoms with E-state index in [0.717, 1.165) is 50.2 Å². The molecule has 0 aliphatic carbocycles. The maximum atomic E-state index is 13.2. The van der Waals surface area contributed by atoms with Crippen LogP contribution in [0.2, 0.25) is 0 Å². The van der Waals surface area contributed by atoms with Crippen LogP contribution in [0.1, 0.15) is 43.6 Å². The molecule has 1 saturated heterocycles. The van der Waals surface area contributed by atoms with E-state index >= 15 is 0 Å². The van der Waals surface area contributed by atoms with Gasteiger partial charge in [0.15, 0.2) is 0 Å². The molecule has 1 atom stereocenters. The van der Waals surface area contributed by atoms with Crippen LogP contribution in [0.5, 0.6) is 0 Å². The summed E-state index contributed by atoms with van der Waals surface area (Å²) in [5, 5.41) is 3.54. The van der Waals surface area contributed by atoms with E-state index in [4.69, 9.17) is 4.42 Å². The first-order valence-corrected chi connectivity index (χ1v) is 8.91. The van der Waals surface area contributed by atoms with Crippen molar-refractivity contribution in [3.05, 3.63) is 59.8 Å². The zero-order valence-electron chi connectivity index (χ0n) is 14.6. The van der Waals surface area contributed by atoms with Crippen molar-refractivity contribution in [2.24, 2.45) is 5.92 Å². The number of carbonyl (C=O) groups is 1. The lowest BCUT2D eigenvalue weighted by Crippen LogP contribution is -2.37. The van der Waals surface area contributed by atoms with Gasteiger partial charge in [0.25, 0.3) is 0 Å². The van der Waals surface area contributed by atoms with Gasteiger partial charge in [0.1, 0.15) is 11.6 Å². The second kappa shape index (κ2) is 8.30. The van der Waals surface area contributed by atoms with Gasteiger partial charge in [0.2, 0.25) is 5.91 Å². The Labute approximate surface area is 148 Å². The van der Waals surface area contributed by atoms with E-state index in [2.05, 4.69) is 5.32 Å². The van der Waals surface area contributed by atoms with Crippen molar-refractivity contribution in [2.45, 2.75) is 32.2 Å². The summed E-state index contributed by atoms with van der Waals surface area (Å²) in [5.74, 6) is 1.40. The van der Waals surface area contributed by atoms with Gasteiger partial charge in [-0.05, 0) is 61.6 Å². The molecule has 2 heterocycles. The van der Waals surface area contributed by atoms with Crippen LogP contribution in [0.25, 0.3) is 0 Å². The quantitative estimate of drug-likeness (QED) is 0.868. The zero-order chi connectivity index (χ0) is 17.6. The highest BCUT2D eigenvalue weighted by Crippen LogP contribution is 2.24. The minimum atomic E-state index is -0.237. The number of benzene rings is 1. The Balaban J connectivity index is 1.55. The topological polar surface area (TPSA) is 45.5 Å². The molecule has 1 N–H and O–H groups in total. The number of nitrogens with one attached hydrogen (secondary N) is 1. The van der Waals surface area contributed by atoms with Gasteiger partial charge in [-0.2, -0.15) is 0 Å². The van der Waals surface area contributed by atoms with E-state index in [-0.39, 0.29) is 17.8 Å². The molecule has 25 heavy (non-hydrogen) atoms. The number of halogens is 1. The number of nitrogens with zero attached hydrogens (tertiary/aromatic N) is 1. The molecule has 3 rings (SSSR count). The van der Waals surface area contributed by atoms with Crippen LogP contribution < -0.4 is 5.32 Å². The number of hydrogen-bond acceptors (Lipinski definition) is 3. The molecule has 1 aliphatic heterocycles. The highest BCUT2D eigenvalue weighted by molar-refractivity contribution is 5.73. The first-order chi connectivity index (χ1) is 12.1. The monoisotopic (exact) mass is 344 g/mol. The summed E-state index contributed by atoms with van der Waals surface area (Å²) in [7, 11) is 0. The lowest BCUT2D eigenvalue weighted by molar-refractivity contribution is -0.130. The van der Waals surface area contributed by atoms with Crippen molar-refractivity contribution in [1.29, 1.82) is 0 Å². The highest BCUT2D eigenvalue weighted by atomic mass is 19.1. The van der Waals surface area contributed by atoms with Gasteiger partial charge in [-0.15, -0.1) is 0 Å². The third kappa shape index (κ3) is 4.69. The molecule has 134 valence electrons. The molecule has 1 aromatic heterocycles. The standard InChI is InChI=1S/C20H25FN2O2/c1-15(24)23-12-9-16(10-13-23)8-11-22-20(19-3-2-14-25-19)17-4-6-18(21)7-5-17/h2-7,14,16,20,22H,8-13H2,1H3/t20-/m0/s1. The van der Waals surface area contributed by atoms with Gasteiger partial charge in [-0.25, -0.2) is 4.39 Å². The molecular formula is C20H25FN2O2. The first-order valence-electron chi connectivity index (χ1n) is 8.91. The minimum Gasteiger partial charge on any atom is -0.467 e. The molecule has 0 unspecified atom stereocenters. The van der Waals surface area contributed by atoms with E-state index in [9.17, 15) is 9.18 Å². The normalized spacial score (nSPS) is 16.8. The van der Waals surface area contributed by atoms with E-state index < -0.39 is 0 Å². The van der Waals surface area contributed by atoms with Gasteiger partial charge in [-0.3, -0.25) is 4.79 Å². The molecule has 0 bridgehead atoms. The summed E-state index contributed by atoms with van der Waals surface area (Å²) >= 11 is 0. The maximum Gasteiger partial charge on any atom is 0.219 e. The third-order valence-corrected chi connectivity index (χ3v) is 4.99. The predicted molar refractivity (Wildman–Crippen MR) is 94.5 cm³/mol. The Bertz CT molecular complexity index is 662. The molecule has 5 heteroatoms. The minimum absolute atomic E-state index is 0.0760. The Morgan fingerprint density at radius 1 is 1.28 bits per heavy atom. The molecule has 1 aromatic carbocycles. The Morgan fingerprint density at radius 2 is 2.00 bits per heavy atom. The summed E-state index contributed by atoms with van der Waals surface area (Å²) in [5.41, 5.74) is 0.989. The van der Waals surface area contributed by atoms with Crippen molar-refractivity contribution in [3.63, 3.8) is 0 Å². The van der Waals surface area contributed by atoms with E-state index in [1.807, 2.05) is 17.0 Å². The van der Waals surface area contributed by atoms with Crippen molar-refractivity contribution >= 4 is 5.91 Å². The fraction of sp³-hybridized carbons (Fsp3) is 0.450. The fourth-order valence-corrected chi connectivity index (χ4v) is 3.46. The van der Waals surface area contributed by atoms with E-state index in [1.54, 1.807) is 25.3 Å². The smallest absolute Gasteiger partial charge is 0.219 e. The van der Waals surface area contributed by atoms with E-state index in [0.29, 0.717) is 5.92 Å². The Morgan fingerprint density at radius 3 is 2.60 bits per heavy atom. The number of hydrogen-bond donors (Lipinski definition) is 1. The first kappa shape index (κ1) is 17.7. The summed E-state index contributed by atoms with van der Waals surface area (Å²) in [6.45, 7) is 4.21. The molecule has 0 saturated carbocycles. The highest BCUT2D eigenvalue weighted by Gasteiger charge is 2.21. The van der Waals surface area contributed by atoms with Crippen molar-refractivity contribution < 1.29 is 13.6 Å². The number of rotatable bonds is 6. The molecule has 0 radical (unpaired) electrons. The maximum absolute atomic E-state index is 13.2. The van der Waals surface area contributed by atoms with Crippen LogP contribution in [-0.4, -0.2) is 30.4 Å². The molecular weight excluding hydrogens is 319 g/mol.